The number of halogens is 2. The van der Waals surface area contributed by atoms with Gasteiger partial charge in [-0.25, -0.2) is 4.39 Å². The quantitative estimate of drug-likeness (QED) is 0.873. The molecule has 1 saturated heterocycles. The maximum absolute atomic E-state index is 13.7. The molecule has 0 aliphatic carbocycles. The van der Waals surface area contributed by atoms with E-state index in [1.54, 1.807) is 12.1 Å². The van der Waals surface area contributed by atoms with Gasteiger partial charge in [0.05, 0.1) is 7.11 Å². The van der Waals surface area contributed by atoms with Crippen LogP contribution in [0.3, 0.4) is 0 Å². The molecule has 1 heterocycles. The lowest BCUT2D eigenvalue weighted by molar-refractivity contribution is 0.175. The summed E-state index contributed by atoms with van der Waals surface area (Å²) in [6, 6.07) is 5.25. The molecular formula is C16H26ClFN2O. The number of methoxy groups -OCH3 is 1. The highest BCUT2D eigenvalue weighted by molar-refractivity contribution is 5.85. The van der Waals surface area contributed by atoms with Gasteiger partial charge < -0.3 is 10.1 Å². The Bertz CT molecular complexity index is 423. The fraction of sp³-hybridized carbons (Fsp3) is 0.625. The molecule has 1 aliphatic heterocycles. The zero-order chi connectivity index (χ0) is 14.4. The summed E-state index contributed by atoms with van der Waals surface area (Å²) in [5.41, 5.74) is 1.02. The predicted octanol–water partition coefficient (Wildman–Crippen LogP) is 3.08. The van der Waals surface area contributed by atoms with E-state index in [4.69, 9.17) is 4.74 Å². The number of nitrogens with one attached hydrogen (secondary N) is 1. The van der Waals surface area contributed by atoms with Crippen LogP contribution in [-0.4, -0.2) is 38.2 Å². The molecule has 120 valence electrons. The highest BCUT2D eigenvalue weighted by Gasteiger charge is 2.19. The van der Waals surface area contributed by atoms with Crippen molar-refractivity contribution in [3.8, 4) is 5.75 Å². The molecular weight excluding hydrogens is 291 g/mol. The summed E-state index contributed by atoms with van der Waals surface area (Å²) in [6.07, 6.45) is 2.46. The summed E-state index contributed by atoms with van der Waals surface area (Å²) in [4.78, 5) is 2.41. The molecule has 0 atom stereocenters. The second kappa shape index (κ2) is 9.23. The molecule has 1 fully saturated rings. The molecule has 0 unspecified atom stereocenters. The van der Waals surface area contributed by atoms with Gasteiger partial charge in [-0.1, -0.05) is 13.0 Å². The van der Waals surface area contributed by atoms with Crippen molar-refractivity contribution in [1.82, 2.24) is 10.2 Å². The van der Waals surface area contributed by atoms with Gasteiger partial charge >= 0.3 is 0 Å². The molecule has 5 heteroatoms. The van der Waals surface area contributed by atoms with Crippen molar-refractivity contribution in [2.75, 3.05) is 33.3 Å². The van der Waals surface area contributed by atoms with Crippen molar-refractivity contribution in [2.24, 2.45) is 5.92 Å². The van der Waals surface area contributed by atoms with Crippen LogP contribution in [-0.2, 0) is 6.54 Å². The molecule has 1 aliphatic rings. The number of rotatable bonds is 6. The standard InChI is InChI=1S/C16H25FN2O.ClH/c1-3-18-11-13-6-8-19(9-7-13)12-14-4-5-16(20-2)15(17)10-14;/h4-5,10,13,18H,3,6-9,11-12H2,1-2H3;1H. The van der Waals surface area contributed by atoms with E-state index in [0.29, 0.717) is 5.75 Å². The van der Waals surface area contributed by atoms with Crippen molar-refractivity contribution in [3.05, 3.63) is 29.6 Å². The van der Waals surface area contributed by atoms with Gasteiger partial charge in [0, 0.05) is 6.54 Å². The second-order valence-corrected chi connectivity index (χ2v) is 5.50. The zero-order valence-electron chi connectivity index (χ0n) is 12.9. The van der Waals surface area contributed by atoms with E-state index in [1.165, 1.54) is 20.0 Å². The first kappa shape index (κ1) is 18.2. The Hall–Kier alpha value is -0.840. The summed E-state index contributed by atoms with van der Waals surface area (Å²) in [7, 11) is 1.49. The van der Waals surface area contributed by atoms with E-state index >= 15 is 0 Å². The third-order valence-corrected chi connectivity index (χ3v) is 4.01. The van der Waals surface area contributed by atoms with Gasteiger partial charge in [0.2, 0.25) is 0 Å². The molecule has 0 radical (unpaired) electrons. The van der Waals surface area contributed by atoms with Crippen LogP contribution in [0.15, 0.2) is 18.2 Å². The Morgan fingerprint density at radius 2 is 2.05 bits per heavy atom. The zero-order valence-corrected chi connectivity index (χ0v) is 13.7. The van der Waals surface area contributed by atoms with Gasteiger partial charge in [-0.2, -0.15) is 0 Å². The molecule has 1 aromatic carbocycles. The molecule has 0 saturated carbocycles. The molecule has 0 bridgehead atoms. The van der Waals surface area contributed by atoms with Crippen molar-refractivity contribution in [3.63, 3.8) is 0 Å². The lowest BCUT2D eigenvalue weighted by Gasteiger charge is -2.32. The first-order valence-electron chi connectivity index (χ1n) is 7.48. The first-order chi connectivity index (χ1) is 9.72. The van der Waals surface area contributed by atoms with Crippen LogP contribution in [0.25, 0.3) is 0 Å². The first-order valence-corrected chi connectivity index (χ1v) is 7.48. The number of benzene rings is 1. The normalized spacial score (nSPS) is 16.5. The number of nitrogens with zero attached hydrogens (tertiary/aromatic N) is 1. The fourth-order valence-electron chi connectivity index (χ4n) is 2.76. The number of ether oxygens (including phenoxy) is 1. The molecule has 1 N–H and O–H groups in total. The van der Waals surface area contributed by atoms with E-state index in [2.05, 4.69) is 17.1 Å². The fourth-order valence-corrected chi connectivity index (χ4v) is 2.76. The lowest BCUT2D eigenvalue weighted by atomic mass is 9.96. The minimum absolute atomic E-state index is 0. The Morgan fingerprint density at radius 1 is 1.33 bits per heavy atom. The minimum Gasteiger partial charge on any atom is -0.494 e. The van der Waals surface area contributed by atoms with Gasteiger partial charge in [0.1, 0.15) is 0 Å². The Labute approximate surface area is 133 Å². The molecule has 3 nitrogen and oxygen atoms in total. The van der Waals surface area contributed by atoms with Crippen molar-refractivity contribution >= 4 is 12.4 Å². The van der Waals surface area contributed by atoms with Gasteiger partial charge in [0.25, 0.3) is 0 Å². The molecule has 0 spiro atoms. The average Bonchev–Trinajstić information content (AvgIpc) is 2.47. The molecule has 0 aromatic heterocycles. The summed E-state index contributed by atoms with van der Waals surface area (Å²) in [6.45, 7) is 7.35. The van der Waals surface area contributed by atoms with E-state index in [-0.39, 0.29) is 18.2 Å². The lowest BCUT2D eigenvalue weighted by Crippen LogP contribution is -2.36. The minimum atomic E-state index is -0.271. The Morgan fingerprint density at radius 3 is 2.62 bits per heavy atom. The van der Waals surface area contributed by atoms with Crippen LogP contribution in [0, 0.1) is 11.7 Å². The smallest absolute Gasteiger partial charge is 0.165 e. The molecule has 1 aromatic rings. The summed E-state index contributed by atoms with van der Waals surface area (Å²) < 4.78 is 18.6. The molecule has 21 heavy (non-hydrogen) atoms. The predicted molar refractivity (Wildman–Crippen MR) is 86.7 cm³/mol. The van der Waals surface area contributed by atoms with Crippen LogP contribution in [0.1, 0.15) is 25.3 Å². The third-order valence-electron chi connectivity index (χ3n) is 4.01. The van der Waals surface area contributed by atoms with Crippen LogP contribution >= 0.6 is 12.4 Å². The van der Waals surface area contributed by atoms with Gasteiger partial charge in [-0.15, -0.1) is 12.4 Å². The highest BCUT2D eigenvalue weighted by atomic mass is 35.5. The number of piperidine rings is 1. The highest BCUT2D eigenvalue weighted by Crippen LogP contribution is 2.21. The maximum Gasteiger partial charge on any atom is 0.165 e. The van der Waals surface area contributed by atoms with Crippen molar-refractivity contribution < 1.29 is 9.13 Å². The number of hydrogen-bond acceptors (Lipinski definition) is 3. The van der Waals surface area contributed by atoms with Crippen LogP contribution < -0.4 is 10.1 Å². The maximum atomic E-state index is 13.7. The molecule has 0 amide bonds. The topological polar surface area (TPSA) is 24.5 Å². The van der Waals surface area contributed by atoms with E-state index < -0.39 is 0 Å². The van der Waals surface area contributed by atoms with Crippen molar-refractivity contribution in [2.45, 2.75) is 26.3 Å². The van der Waals surface area contributed by atoms with Gasteiger partial charge in [0.15, 0.2) is 11.6 Å². The monoisotopic (exact) mass is 316 g/mol. The van der Waals surface area contributed by atoms with Gasteiger partial charge in [-0.3, -0.25) is 4.90 Å². The third kappa shape index (κ3) is 5.46. The Balaban J connectivity index is 0.00000220. The second-order valence-electron chi connectivity index (χ2n) is 5.50. The number of likely N-dealkylation sites (tertiary alicyclic amines) is 1. The van der Waals surface area contributed by atoms with Crippen LogP contribution in [0.5, 0.6) is 5.75 Å². The Kier molecular flexibility index (Phi) is 8.01. The average molecular weight is 317 g/mol. The van der Waals surface area contributed by atoms with Gasteiger partial charge in [-0.05, 0) is 62.6 Å². The van der Waals surface area contributed by atoms with E-state index in [9.17, 15) is 4.39 Å². The summed E-state index contributed by atoms with van der Waals surface area (Å²) >= 11 is 0. The molecule has 2 rings (SSSR count). The van der Waals surface area contributed by atoms with E-state index in [0.717, 1.165) is 44.2 Å². The summed E-state index contributed by atoms with van der Waals surface area (Å²) in [5.74, 6) is 0.837. The SMILES string of the molecule is CCNCC1CCN(Cc2ccc(OC)c(F)c2)CC1.Cl. The summed E-state index contributed by atoms with van der Waals surface area (Å²) in [5, 5.41) is 3.42. The van der Waals surface area contributed by atoms with E-state index in [1.807, 2.05) is 6.07 Å². The van der Waals surface area contributed by atoms with Crippen LogP contribution in [0.2, 0.25) is 0 Å². The largest absolute Gasteiger partial charge is 0.494 e. The number of hydrogen-bond donors (Lipinski definition) is 1. The van der Waals surface area contributed by atoms with Crippen molar-refractivity contribution in [1.29, 1.82) is 0 Å². The van der Waals surface area contributed by atoms with Crippen LogP contribution in [0.4, 0.5) is 4.39 Å².